The fourth-order valence-corrected chi connectivity index (χ4v) is 2.10. The van der Waals surface area contributed by atoms with Crippen molar-refractivity contribution in [3.63, 3.8) is 0 Å². The highest BCUT2D eigenvalue weighted by Crippen LogP contribution is 2.07. The van der Waals surface area contributed by atoms with E-state index in [9.17, 15) is 9.59 Å². The first kappa shape index (κ1) is 13.9. The first-order valence-electron chi connectivity index (χ1n) is 6.81. The topological polar surface area (TPSA) is 76.9 Å². The van der Waals surface area contributed by atoms with Gasteiger partial charge in [-0.15, -0.1) is 0 Å². The summed E-state index contributed by atoms with van der Waals surface area (Å²) in [5, 5.41) is 7.96. The summed E-state index contributed by atoms with van der Waals surface area (Å²) in [5.41, 5.74) is 0.718. The van der Waals surface area contributed by atoms with E-state index in [1.54, 1.807) is 30.6 Å². The molecular weight excluding hydrogens is 280 g/mol. The molecule has 0 atom stereocenters. The summed E-state index contributed by atoms with van der Waals surface area (Å²) in [6, 6.07) is 10.7. The van der Waals surface area contributed by atoms with Crippen molar-refractivity contribution in [1.82, 2.24) is 14.8 Å². The Morgan fingerprint density at radius 1 is 1.18 bits per heavy atom. The van der Waals surface area contributed by atoms with Crippen LogP contribution in [-0.2, 0) is 11.3 Å². The van der Waals surface area contributed by atoms with Gasteiger partial charge in [0.1, 0.15) is 12.4 Å². The largest absolute Gasteiger partial charge is 0.309 e. The number of rotatable bonds is 3. The molecule has 0 fully saturated rings. The smallest absolute Gasteiger partial charge is 0.275 e. The number of fused-ring (bicyclic) bond motifs is 1. The Kier molecular flexibility index (Phi) is 3.65. The van der Waals surface area contributed by atoms with Crippen LogP contribution in [0.1, 0.15) is 5.56 Å². The van der Waals surface area contributed by atoms with E-state index < -0.39 is 0 Å². The monoisotopic (exact) mass is 294 g/mol. The molecule has 1 aromatic carbocycles. The van der Waals surface area contributed by atoms with Crippen LogP contribution < -0.4 is 10.9 Å². The zero-order valence-electron chi connectivity index (χ0n) is 12.0. The lowest BCUT2D eigenvalue weighted by atomic mass is 10.2. The number of aromatic nitrogens is 3. The first-order chi connectivity index (χ1) is 10.6. The summed E-state index contributed by atoms with van der Waals surface area (Å²) in [4.78, 5) is 28.4. The fraction of sp³-hybridized carbons (Fsp3) is 0.125. The first-order valence-corrected chi connectivity index (χ1v) is 6.81. The Bertz CT molecular complexity index is 885. The predicted molar refractivity (Wildman–Crippen MR) is 83.6 cm³/mol. The van der Waals surface area contributed by atoms with Gasteiger partial charge in [-0.05, 0) is 24.6 Å². The molecule has 110 valence electrons. The number of anilines is 1. The van der Waals surface area contributed by atoms with Gasteiger partial charge in [0, 0.05) is 11.6 Å². The molecule has 1 amide bonds. The molecule has 1 N–H and O–H groups in total. The summed E-state index contributed by atoms with van der Waals surface area (Å²) in [6.45, 7) is 1.76. The van der Waals surface area contributed by atoms with Crippen molar-refractivity contribution < 1.29 is 4.79 Å². The molecule has 0 saturated carbocycles. The molecule has 0 aliphatic heterocycles. The van der Waals surface area contributed by atoms with Gasteiger partial charge in [-0.25, -0.2) is 9.67 Å². The van der Waals surface area contributed by atoms with Gasteiger partial charge in [-0.3, -0.25) is 9.59 Å². The molecule has 2 aromatic heterocycles. The maximum atomic E-state index is 12.3. The van der Waals surface area contributed by atoms with E-state index in [1.807, 2.05) is 25.1 Å². The average molecular weight is 294 g/mol. The number of carbonyl (C=O) groups excluding carboxylic acids is 1. The Labute approximate surface area is 126 Å². The number of amides is 1. The minimum absolute atomic E-state index is 0.154. The SMILES string of the molecule is Cc1ccc(NC(=O)Cn2ncc3ccccc3c2=O)nc1. The number of carbonyl (C=O) groups is 1. The molecule has 3 aromatic rings. The lowest BCUT2D eigenvalue weighted by Gasteiger charge is -2.07. The van der Waals surface area contributed by atoms with Crippen molar-refractivity contribution in [3.8, 4) is 0 Å². The van der Waals surface area contributed by atoms with Crippen LogP contribution in [0.3, 0.4) is 0 Å². The summed E-state index contributed by atoms with van der Waals surface area (Å²) in [7, 11) is 0. The number of hydrogen-bond acceptors (Lipinski definition) is 4. The Hall–Kier alpha value is -3.02. The molecule has 0 radical (unpaired) electrons. The molecule has 0 aliphatic rings. The second kappa shape index (κ2) is 5.77. The van der Waals surface area contributed by atoms with Crippen molar-refractivity contribution in [3.05, 3.63) is 64.7 Å². The zero-order chi connectivity index (χ0) is 15.5. The quantitative estimate of drug-likeness (QED) is 0.798. The van der Waals surface area contributed by atoms with E-state index in [1.165, 1.54) is 0 Å². The van der Waals surface area contributed by atoms with Gasteiger partial charge in [-0.2, -0.15) is 5.10 Å². The highest BCUT2D eigenvalue weighted by Gasteiger charge is 2.09. The number of pyridine rings is 1. The summed E-state index contributed by atoms with van der Waals surface area (Å²) < 4.78 is 1.14. The maximum absolute atomic E-state index is 12.3. The van der Waals surface area contributed by atoms with Crippen molar-refractivity contribution in [2.45, 2.75) is 13.5 Å². The van der Waals surface area contributed by atoms with Gasteiger partial charge < -0.3 is 5.32 Å². The van der Waals surface area contributed by atoms with Crippen molar-refractivity contribution in [1.29, 1.82) is 0 Å². The molecule has 0 aliphatic carbocycles. The third-order valence-electron chi connectivity index (χ3n) is 3.23. The van der Waals surface area contributed by atoms with Crippen LogP contribution in [0.15, 0.2) is 53.6 Å². The van der Waals surface area contributed by atoms with Crippen molar-refractivity contribution in [2.24, 2.45) is 0 Å². The lowest BCUT2D eigenvalue weighted by Crippen LogP contribution is -2.29. The predicted octanol–water partition coefficient (Wildman–Crippen LogP) is 1.74. The minimum Gasteiger partial charge on any atom is -0.309 e. The van der Waals surface area contributed by atoms with Crippen LogP contribution in [0.4, 0.5) is 5.82 Å². The zero-order valence-corrected chi connectivity index (χ0v) is 12.0. The molecule has 0 unspecified atom stereocenters. The van der Waals surface area contributed by atoms with Crippen LogP contribution in [0.25, 0.3) is 10.8 Å². The average Bonchev–Trinajstić information content (AvgIpc) is 2.53. The summed E-state index contributed by atoms with van der Waals surface area (Å²) in [5.74, 6) is 0.102. The highest BCUT2D eigenvalue weighted by molar-refractivity contribution is 5.89. The molecular formula is C16H14N4O2. The van der Waals surface area contributed by atoms with Crippen LogP contribution >= 0.6 is 0 Å². The van der Waals surface area contributed by atoms with Gasteiger partial charge in [0.2, 0.25) is 5.91 Å². The molecule has 0 bridgehead atoms. The van der Waals surface area contributed by atoms with Crippen LogP contribution in [0, 0.1) is 6.92 Å². The normalized spacial score (nSPS) is 10.6. The second-order valence-electron chi connectivity index (χ2n) is 4.96. The van der Waals surface area contributed by atoms with Crippen LogP contribution in [0.2, 0.25) is 0 Å². The van der Waals surface area contributed by atoms with Crippen molar-refractivity contribution in [2.75, 3.05) is 5.32 Å². The van der Waals surface area contributed by atoms with Gasteiger partial charge in [0.25, 0.3) is 5.56 Å². The summed E-state index contributed by atoms with van der Waals surface area (Å²) in [6.07, 6.45) is 3.24. The van der Waals surface area contributed by atoms with E-state index >= 15 is 0 Å². The number of nitrogens with one attached hydrogen (secondary N) is 1. The number of nitrogens with zero attached hydrogens (tertiary/aromatic N) is 3. The number of aryl methyl sites for hydroxylation is 1. The van der Waals surface area contributed by atoms with Crippen LogP contribution in [0.5, 0.6) is 0 Å². The molecule has 3 rings (SSSR count). The van der Waals surface area contributed by atoms with Crippen molar-refractivity contribution >= 4 is 22.5 Å². The molecule has 6 nitrogen and oxygen atoms in total. The lowest BCUT2D eigenvalue weighted by molar-refractivity contribution is -0.117. The minimum atomic E-state index is -0.346. The number of benzene rings is 1. The molecule has 0 spiro atoms. The van der Waals surface area contributed by atoms with Gasteiger partial charge in [-0.1, -0.05) is 24.3 Å². The van der Waals surface area contributed by atoms with E-state index in [0.29, 0.717) is 11.2 Å². The second-order valence-corrected chi connectivity index (χ2v) is 4.96. The van der Waals surface area contributed by atoms with Gasteiger partial charge in [0.15, 0.2) is 0 Å². The van der Waals surface area contributed by atoms with Gasteiger partial charge >= 0.3 is 0 Å². The third-order valence-corrected chi connectivity index (χ3v) is 3.23. The van der Waals surface area contributed by atoms with E-state index in [4.69, 9.17) is 0 Å². The molecule has 6 heteroatoms. The number of hydrogen-bond donors (Lipinski definition) is 1. The highest BCUT2D eigenvalue weighted by atomic mass is 16.2. The Morgan fingerprint density at radius 3 is 2.77 bits per heavy atom. The summed E-state index contributed by atoms with van der Waals surface area (Å²) >= 11 is 0. The third kappa shape index (κ3) is 2.85. The standard InChI is InChI=1S/C16H14N4O2/c1-11-6-7-14(17-8-11)19-15(21)10-20-16(22)13-5-3-2-4-12(13)9-18-20/h2-9H,10H2,1H3,(H,17,19,21). The fourth-order valence-electron chi connectivity index (χ4n) is 2.10. The maximum Gasteiger partial charge on any atom is 0.275 e. The molecule has 22 heavy (non-hydrogen) atoms. The van der Waals surface area contributed by atoms with Crippen LogP contribution in [-0.4, -0.2) is 20.7 Å². The van der Waals surface area contributed by atoms with E-state index in [0.717, 1.165) is 15.6 Å². The van der Waals surface area contributed by atoms with E-state index in [-0.39, 0.29) is 18.0 Å². The van der Waals surface area contributed by atoms with E-state index in [2.05, 4.69) is 15.4 Å². The Morgan fingerprint density at radius 2 is 2.00 bits per heavy atom. The van der Waals surface area contributed by atoms with Gasteiger partial charge in [0.05, 0.1) is 11.6 Å². The molecule has 2 heterocycles. The molecule has 0 saturated heterocycles. The Balaban J connectivity index is 1.81.